The normalized spacial score (nSPS) is 14.0. The van der Waals surface area contributed by atoms with E-state index in [9.17, 15) is 9.59 Å². The van der Waals surface area contributed by atoms with E-state index in [4.69, 9.17) is 14.2 Å². The van der Waals surface area contributed by atoms with Crippen molar-refractivity contribution in [2.45, 2.75) is 309 Å². The van der Waals surface area contributed by atoms with Crippen LogP contribution in [0.25, 0.3) is 0 Å². The van der Waals surface area contributed by atoms with Crippen LogP contribution in [0.1, 0.15) is 291 Å². The van der Waals surface area contributed by atoms with Crippen LogP contribution in [0, 0.1) is 5.92 Å². The topological polar surface area (TPSA) is 73.9 Å². The second kappa shape index (κ2) is 44.5. The third kappa shape index (κ3) is 37.4. The summed E-state index contributed by atoms with van der Waals surface area (Å²) in [5, 5.41) is 4.00. The Balaban J connectivity index is 2.34. The number of unbranched alkanes of at least 4 members (excludes halogenated alkanes) is 24. The van der Waals surface area contributed by atoms with Crippen molar-refractivity contribution in [2.75, 3.05) is 19.8 Å². The first-order valence-electron chi connectivity index (χ1n) is 27.2. The third-order valence-electron chi connectivity index (χ3n) is 13.3. The molecule has 6 nitrogen and oxygen atoms in total. The van der Waals surface area contributed by atoms with Gasteiger partial charge in [0.2, 0.25) is 0 Å². The molecule has 0 radical (unpaired) electrons. The van der Waals surface area contributed by atoms with Crippen molar-refractivity contribution in [1.82, 2.24) is 5.32 Å². The predicted molar refractivity (Wildman–Crippen MR) is 258 cm³/mol. The molecule has 0 aromatic rings. The Kier molecular flexibility index (Phi) is 42.2. The lowest BCUT2D eigenvalue weighted by Crippen LogP contribution is -2.41. The Bertz CT molecular complexity index is 877. The number of nitrogens with one attached hydrogen (secondary N) is 1. The maximum Gasteiger partial charge on any atom is 0.306 e. The highest BCUT2D eigenvalue weighted by Crippen LogP contribution is 2.23. The van der Waals surface area contributed by atoms with E-state index in [2.05, 4.69) is 33.0 Å². The summed E-state index contributed by atoms with van der Waals surface area (Å²) in [7, 11) is 0. The molecular weight excluding hydrogens is 743 g/mol. The first-order chi connectivity index (χ1) is 29.5. The lowest BCUT2D eigenvalue weighted by molar-refractivity contribution is -0.150. The Morgan fingerprint density at radius 1 is 0.467 bits per heavy atom. The van der Waals surface area contributed by atoms with Crippen molar-refractivity contribution in [3.63, 3.8) is 0 Å². The van der Waals surface area contributed by atoms with Crippen molar-refractivity contribution in [1.29, 1.82) is 0 Å². The van der Waals surface area contributed by atoms with Crippen LogP contribution in [0.2, 0.25) is 0 Å². The number of hydrogen-bond acceptors (Lipinski definition) is 6. The lowest BCUT2D eigenvalue weighted by Gasteiger charge is -2.29. The molecular formula is C54H105NO5. The first-order valence-corrected chi connectivity index (χ1v) is 27.2. The molecule has 1 fully saturated rings. The quantitative estimate of drug-likeness (QED) is 0.0486. The van der Waals surface area contributed by atoms with Crippen LogP contribution in [-0.2, 0) is 23.8 Å². The lowest BCUT2D eigenvalue weighted by atomic mass is 9.92. The maximum atomic E-state index is 12.9. The summed E-state index contributed by atoms with van der Waals surface area (Å²) >= 11 is 0. The minimum atomic E-state index is 0.00751. The molecule has 0 bridgehead atoms. The molecule has 0 aromatic carbocycles. The predicted octanol–water partition coefficient (Wildman–Crippen LogP) is 16.5. The van der Waals surface area contributed by atoms with Crippen molar-refractivity contribution >= 4 is 11.9 Å². The molecule has 0 aliphatic carbocycles. The summed E-state index contributed by atoms with van der Waals surface area (Å²) < 4.78 is 17.5. The van der Waals surface area contributed by atoms with Gasteiger partial charge in [-0.2, -0.15) is 0 Å². The van der Waals surface area contributed by atoms with Crippen molar-refractivity contribution in [2.24, 2.45) is 5.92 Å². The number of rotatable bonds is 46. The first kappa shape index (κ1) is 56.9. The average molecular weight is 848 g/mol. The summed E-state index contributed by atoms with van der Waals surface area (Å²) in [5.74, 6) is 0.752. The van der Waals surface area contributed by atoms with Gasteiger partial charge in [0.1, 0.15) is 6.10 Å². The SMILES string of the molecule is CCCCCCCCC(CCCCCCCC)OC(=O)CCCCCCC(CCCCCCC(=O)OCCC(CCCCCCC)CCCCCCC)NC1CCOCC1. The van der Waals surface area contributed by atoms with Crippen LogP contribution >= 0.6 is 0 Å². The second-order valence-electron chi connectivity index (χ2n) is 19.2. The van der Waals surface area contributed by atoms with Crippen LogP contribution in [0.5, 0.6) is 0 Å². The van der Waals surface area contributed by atoms with Crippen molar-refractivity contribution in [3.05, 3.63) is 0 Å². The maximum absolute atomic E-state index is 12.9. The van der Waals surface area contributed by atoms with E-state index in [1.165, 1.54) is 193 Å². The third-order valence-corrected chi connectivity index (χ3v) is 13.3. The summed E-state index contributed by atoms with van der Waals surface area (Å²) in [4.78, 5) is 25.5. The Morgan fingerprint density at radius 3 is 1.32 bits per heavy atom. The fourth-order valence-corrected chi connectivity index (χ4v) is 9.27. The van der Waals surface area contributed by atoms with E-state index in [1.54, 1.807) is 0 Å². The fourth-order valence-electron chi connectivity index (χ4n) is 9.27. The summed E-state index contributed by atoms with van der Waals surface area (Å²) in [6.07, 6.45) is 49.3. The van der Waals surface area contributed by atoms with Gasteiger partial charge in [-0.1, -0.05) is 207 Å². The molecule has 1 saturated heterocycles. The Labute approximate surface area is 374 Å². The van der Waals surface area contributed by atoms with Crippen molar-refractivity contribution < 1.29 is 23.8 Å². The highest BCUT2D eigenvalue weighted by Gasteiger charge is 2.19. The van der Waals surface area contributed by atoms with Crippen LogP contribution in [-0.4, -0.2) is 49.9 Å². The van der Waals surface area contributed by atoms with E-state index in [1.807, 2.05) is 0 Å². The number of ether oxygens (including phenoxy) is 3. The van der Waals surface area contributed by atoms with Gasteiger partial charge in [-0.3, -0.25) is 9.59 Å². The second-order valence-corrected chi connectivity index (χ2v) is 19.2. The molecule has 6 heteroatoms. The summed E-state index contributed by atoms with van der Waals surface area (Å²) in [6, 6.07) is 1.11. The molecule has 356 valence electrons. The average Bonchev–Trinajstić information content (AvgIpc) is 3.25. The molecule has 0 aromatic heterocycles. The molecule has 1 N–H and O–H groups in total. The van der Waals surface area contributed by atoms with Gasteiger partial charge in [-0.05, 0) is 76.5 Å². The number of hydrogen-bond donors (Lipinski definition) is 1. The van der Waals surface area contributed by atoms with Gasteiger partial charge in [0, 0.05) is 38.1 Å². The van der Waals surface area contributed by atoms with Gasteiger partial charge < -0.3 is 19.5 Å². The monoisotopic (exact) mass is 848 g/mol. The summed E-state index contributed by atoms with van der Waals surface area (Å²) in [6.45, 7) is 11.5. The zero-order valence-corrected chi connectivity index (χ0v) is 41.0. The molecule has 1 heterocycles. The van der Waals surface area contributed by atoms with Crippen LogP contribution in [0.15, 0.2) is 0 Å². The molecule has 1 atom stereocenters. The summed E-state index contributed by atoms with van der Waals surface area (Å²) in [5.41, 5.74) is 0. The molecule has 60 heavy (non-hydrogen) atoms. The molecule has 0 spiro atoms. The van der Waals surface area contributed by atoms with Gasteiger partial charge in [0.25, 0.3) is 0 Å². The van der Waals surface area contributed by atoms with Gasteiger partial charge in [0.15, 0.2) is 0 Å². The smallest absolute Gasteiger partial charge is 0.306 e. The number of carbonyl (C=O) groups excluding carboxylic acids is 2. The van der Waals surface area contributed by atoms with E-state index in [0.717, 1.165) is 71.0 Å². The Hall–Kier alpha value is -1.14. The van der Waals surface area contributed by atoms with Gasteiger partial charge in [-0.15, -0.1) is 0 Å². The molecule has 0 amide bonds. The molecule has 1 aliphatic heterocycles. The number of carbonyl (C=O) groups is 2. The van der Waals surface area contributed by atoms with Crippen LogP contribution in [0.4, 0.5) is 0 Å². The van der Waals surface area contributed by atoms with Gasteiger partial charge >= 0.3 is 11.9 Å². The van der Waals surface area contributed by atoms with Crippen LogP contribution < -0.4 is 5.32 Å². The minimum Gasteiger partial charge on any atom is -0.466 e. The number of esters is 2. The largest absolute Gasteiger partial charge is 0.466 e. The standard InChI is InChI=1S/C54H105NO5/c1-5-9-13-17-21-31-39-52(40-32-22-18-14-10-6-2)60-54(57)42-34-26-24-30-38-50(55-51-44-46-58-47-45-51)37-29-23-25-33-41-53(56)59-48-43-49(35-27-19-15-11-7-3)36-28-20-16-12-8-4/h49-52,55H,5-48H2,1-4H3. The van der Waals surface area contributed by atoms with E-state index in [-0.39, 0.29) is 18.0 Å². The van der Waals surface area contributed by atoms with Crippen molar-refractivity contribution in [3.8, 4) is 0 Å². The van der Waals surface area contributed by atoms with Crippen LogP contribution in [0.3, 0.4) is 0 Å². The minimum absolute atomic E-state index is 0.00751. The molecule has 1 aliphatic rings. The van der Waals surface area contributed by atoms with E-state index < -0.39 is 0 Å². The zero-order valence-electron chi connectivity index (χ0n) is 41.0. The highest BCUT2D eigenvalue weighted by molar-refractivity contribution is 5.69. The fraction of sp³-hybridized carbons (Fsp3) is 0.963. The van der Waals surface area contributed by atoms with E-state index >= 15 is 0 Å². The van der Waals surface area contributed by atoms with E-state index in [0.29, 0.717) is 37.5 Å². The molecule has 1 unspecified atom stereocenters. The zero-order chi connectivity index (χ0) is 43.4. The molecule has 0 saturated carbocycles. The Morgan fingerprint density at radius 2 is 0.850 bits per heavy atom. The van der Waals surface area contributed by atoms with Gasteiger partial charge in [0.05, 0.1) is 6.61 Å². The van der Waals surface area contributed by atoms with Gasteiger partial charge in [-0.25, -0.2) is 0 Å². The molecule has 1 rings (SSSR count). The highest BCUT2D eigenvalue weighted by atomic mass is 16.5.